The van der Waals surface area contributed by atoms with Crippen LogP contribution in [0.4, 0.5) is 0 Å². The van der Waals surface area contributed by atoms with Gasteiger partial charge in [-0.1, -0.05) is 40.2 Å². The summed E-state index contributed by atoms with van der Waals surface area (Å²) in [6, 6.07) is 0. The average Bonchev–Trinajstić information content (AvgIpc) is 2.42. The van der Waals surface area contributed by atoms with Gasteiger partial charge in [0, 0.05) is 32.7 Å². The molecule has 0 aromatic heterocycles. The highest BCUT2D eigenvalue weighted by Crippen LogP contribution is 1.90. The summed E-state index contributed by atoms with van der Waals surface area (Å²) in [5.74, 6) is 0. The van der Waals surface area contributed by atoms with Gasteiger partial charge in [-0.15, -0.1) is 6.58 Å². The fraction of sp³-hybridized carbons (Fsp3) is 0.800. The van der Waals surface area contributed by atoms with E-state index in [4.69, 9.17) is 0 Å². The van der Waals surface area contributed by atoms with E-state index < -0.39 is 0 Å². The van der Waals surface area contributed by atoms with Crippen LogP contribution in [0.1, 0.15) is 41.0 Å². The third-order valence-corrected chi connectivity index (χ3v) is 1.78. The Bertz CT molecular complexity index is 141. The third kappa shape index (κ3) is 24.5. The molecule has 0 bridgehead atoms. The highest BCUT2D eigenvalue weighted by atomic mass is 15.2. The van der Waals surface area contributed by atoms with Crippen LogP contribution in [0.25, 0.3) is 0 Å². The van der Waals surface area contributed by atoms with Crippen molar-refractivity contribution in [2.75, 3.05) is 39.3 Å². The van der Waals surface area contributed by atoms with Crippen LogP contribution in [0, 0.1) is 0 Å². The maximum absolute atomic E-state index is 3.82. The smallest absolute Gasteiger partial charge is 0.0509 e. The van der Waals surface area contributed by atoms with Gasteiger partial charge in [-0.3, -0.25) is 9.89 Å². The topological polar surface area (TPSA) is 27.6 Å². The number of allylic oxidation sites excluding steroid dienone is 1. The number of hydrogen-bond acceptors (Lipinski definition) is 3. The molecule has 1 fully saturated rings. The van der Waals surface area contributed by atoms with Gasteiger partial charge in [0.2, 0.25) is 0 Å². The first-order valence-corrected chi connectivity index (χ1v) is 7.19. The van der Waals surface area contributed by atoms with Crippen LogP contribution in [0.15, 0.2) is 17.6 Å². The van der Waals surface area contributed by atoms with Gasteiger partial charge in [-0.25, -0.2) is 0 Å². The molecular formula is C15H35N3. The van der Waals surface area contributed by atoms with E-state index in [9.17, 15) is 0 Å². The Morgan fingerprint density at radius 1 is 1.22 bits per heavy atom. The van der Waals surface area contributed by atoms with Gasteiger partial charge in [0.1, 0.15) is 0 Å². The molecule has 1 heterocycles. The van der Waals surface area contributed by atoms with Crippen LogP contribution in [-0.2, 0) is 0 Å². The maximum atomic E-state index is 3.82. The molecule has 3 heteroatoms. The lowest BCUT2D eigenvalue weighted by atomic mass is 10.3. The molecule has 1 N–H and O–H groups in total. The van der Waals surface area contributed by atoms with Crippen molar-refractivity contribution in [3.8, 4) is 0 Å². The van der Waals surface area contributed by atoms with E-state index in [1.54, 1.807) is 6.08 Å². The highest BCUT2D eigenvalue weighted by Gasteiger charge is 2.06. The number of aliphatic imine (C=N–C) groups is 1. The minimum atomic E-state index is 0.875. The van der Waals surface area contributed by atoms with Crippen molar-refractivity contribution in [3.63, 3.8) is 0 Å². The Morgan fingerprint density at radius 3 is 1.94 bits per heavy atom. The van der Waals surface area contributed by atoms with Crippen LogP contribution in [0.3, 0.4) is 0 Å². The zero-order chi connectivity index (χ0) is 14.6. The molecule has 110 valence electrons. The monoisotopic (exact) mass is 257 g/mol. The summed E-state index contributed by atoms with van der Waals surface area (Å²) in [7, 11) is 0. The molecule has 0 aromatic carbocycles. The van der Waals surface area contributed by atoms with Gasteiger partial charge in [0.05, 0.1) is 6.54 Å². The van der Waals surface area contributed by atoms with Gasteiger partial charge in [-0.05, 0) is 13.6 Å². The van der Waals surface area contributed by atoms with Crippen molar-refractivity contribution in [1.82, 2.24) is 10.2 Å². The van der Waals surface area contributed by atoms with Gasteiger partial charge >= 0.3 is 0 Å². The molecule has 1 aliphatic rings. The lowest BCUT2D eigenvalue weighted by Gasteiger charge is -2.26. The van der Waals surface area contributed by atoms with Crippen LogP contribution < -0.4 is 5.32 Å². The standard InChI is InChI=1S/C7H15N3.C3H8.C3H6.C2H6/c1-8-2-5-10-6-3-9-4-7-10;2*1-3-2;1-2/h9H,1-7H2;3H2,1-2H3;3H,1H2,2H3;1-2H3. The van der Waals surface area contributed by atoms with Crippen molar-refractivity contribution in [1.29, 1.82) is 0 Å². The second-order valence-corrected chi connectivity index (χ2v) is 3.65. The minimum Gasteiger partial charge on any atom is -0.314 e. The number of hydrogen-bond donors (Lipinski definition) is 1. The van der Waals surface area contributed by atoms with Crippen molar-refractivity contribution < 1.29 is 0 Å². The average molecular weight is 257 g/mol. The molecule has 0 amide bonds. The first kappa shape index (κ1) is 22.5. The fourth-order valence-electron chi connectivity index (χ4n) is 1.15. The molecule has 1 saturated heterocycles. The molecule has 3 nitrogen and oxygen atoms in total. The first-order chi connectivity index (χ1) is 8.76. The maximum Gasteiger partial charge on any atom is 0.0509 e. The minimum absolute atomic E-state index is 0.875. The second kappa shape index (κ2) is 25.2. The summed E-state index contributed by atoms with van der Waals surface area (Å²) < 4.78 is 0. The van der Waals surface area contributed by atoms with Crippen molar-refractivity contribution >= 4 is 6.72 Å². The second-order valence-electron chi connectivity index (χ2n) is 3.65. The number of piperazine rings is 1. The Labute approximate surface area is 115 Å². The number of nitrogens with one attached hydrogen (secondary N) is 1. The lowest BCUT2D eigenvalue weighted by molar-refractivity contribution is 0.248. The number of rotatable bonds is 3. The first-order valence-electron chi connectivity index (χ1n) is 7.19. The molecule has 0 spiro atoms. The Kier molecular flexibility index (Phi) is 31.6. The van der Waals surface area contributed by atoms with E-state index in [2.05, 4.69) is 42.4 Å². The van der Waals surface area contributed by atoms with E-state index in [0.29, 0.717) is 0 Å². The van der Waals surface area contributed by atoms with Crippen LogP contribution >= 0.6 is 0 Å². The molecule has 0 atom stereocenters. The highest BCUT2D eigenvalue weighted by molar-refractivity contribution is 5.23. The molecule has 1 rings (SSSR count). The normalized spacial score (nSPS) is 13.6. The van der Waals surface area contributed by atoms with Gasteiger partial charge in [-0.2, -0.15) is 0 Å². The summed E-state index contributed by atoms with van der Waals surface area (Å²) in [6.07, 6.45) is 3.00. The molecule has 0 radical (unpaired) electrons. The van der Waals surface area contributed by atoms with E-state index >= 15 is 0 Å². The molecule has 1 aliphatic heterocycles. The van der Waals surface area contributed by atoms with Crippen LogP contribution in [0.2, 0.25) is 0 Å². The molecule has 0 unspecified atom stereocenters. The summed E-state index contributed by atoms with van der Waals surface area (Å²) >= 11 is 0. The largest absolute Gasteiger partial charge is 0.314 e. The summed E-state index contributed by atoms with van der Waals surface area (Å²) in [5, 5.41) is 3.30. The van der Waals surface area contributed by atoms with Gasteiger partial charge < -0.3 is 5.32 Å². The van der Waals surface area contributed by atoms with Crippen molar-refractivity contribution in [3.05, 3.63) is 12.7 Å². The molecule has 18 heavy (non-hydrogen) atoms. The van der Waals surface area contributed by atoms with Crippen molar-refractivity contribution in [2.24, 2.45) is 4.99 Å². The lowest BCUT2D eigenvalue weighted by Crippen LogP contribution is -2.44. The van der Waals surface area contributed by atoms with Gasteiger partial charge in [0.25, 0.3) is 0 Å². The van der Waals surface area contributed by atoms with E-state index in [0.717, 1.165) is 39.3 Å². The van der Waals surface area contributed by atoms with Crippen LogP contribution in [0.5, 0.6) is 0 Å². The SMILES string of the molecule is C=CC.C=NCCN1CCNCC1.CC.CCC. The quantitative estimate of drug-likeness (QED) is 0.621. The number of nitrogens with zero attached hydrogens (tertiary/aromatic N) is 2. The zero-order valence-corrected chi connectivity index (χ0v) is 13.3. The zero-order valence-electron chi connectivity index (χ0n) is 13.3. The Hall–Kier alpha value is -0.670. The molecular weight excluding hydrogens is 222 g/mol. The Morgan fingerprint density at radius 2 is 1.61 bits per heavy atom. The predicted molar refractivity (Wildman–Crippen MR) is 86.9 cm³/mol. The van der Waals surface area contributed by atoms with E-state index in [1.165, 1.54) is 6.42 Å². The van der Waals surface area contributed by atoms with Crippen molar-refractivity contribution in [2.45, 2.75) is 41.0 Å². The molecule has 0 aromatic rings. The molecule has 0 aliphatic carbocycles. The van der Waals surface area contributed by atoms with E-state index in [1.807, 2.05) is 20.8 Å². The summed E-state index contributed by atoms with van der Waals surface area (Å²) in [6.45, 7) is 23.5. The van der Waals surface area contributed by atoms with E-state index in [-0.39, 0.29) is 0 Å². The summed E-state index contributed by atoms with van der Waals surface area (Å²) in [4.78, 5) is 6.23. The van der Waals surface area contributed by atoms with Crippen LogP contribution in [-0.4, -0.2) is 50.9 Å². The fourth-order valence-corrected chi connectivity index (χ4v) is 1.15. The van der Waals surface area contributed by atoms with Gasteiger partial charge in [0.15, 0.2) is 0 Å². The summed E-state index contributed by atoms with van der Waals surface area (Å²) in [5.41, 5.74) is 0. The third-order valence-electron chi connectivity index (χ3n) is 1.78. The molecule has 0 saturated carbocycles. The Balaban J connectivity index is -0.000000237. The predicted octanol–water partition coefficient (Wildman–Crippen LogP) is 3.23.